The van der Waals surface area contributed by atoms with Crippen LogP contribution >= 0.6 is 11.6 Å². The Hall–Kier alpha value is -2.01. The fourth-order valence-electron chi connectivity index (χ4n) is 2.00. The number of nitrogen functional groups attached to an aromatic ring is 1. The van der Waals surface area contributed by atoms with E-state index in [1.807, 2.05) is 38.1 Å². The first kappa shape index (κ1) is 12.0. The van der Waals surface area contributed by atoms with Gasteiger partial charge in [0.05, 0.1) is 16.7 Å². The molecule has 2 aromatic heterocycles. The molecule has 0 aliphatic rings. The summed E-state index contributed by atoms with van der Waals surface area (Å²) in [6.45, 7) is 4.05. The minimum absolute atomic E-state index is 0.209. The van der Waals surface area contributed by atoms with Crippen LogP contribution in [-0.2, 0) is 0 Å². The molecule has 0 aliphatic carbocycles. The van der Waals surface area contributed by atoms with Gasteiger partial charge in [0.25, 0.3) is 0 Å². The normalized spacial score (nSPS) is 11.6. The second-order valence-electron chi connectivity index (χ2n) is 4.73. The number of rotatable bonds is 2. The van der Waals surface area contributed by atoms with E-state index in [0.29, 0.717) is 16.8 Å². The van der Waals surface area contributed by atoms with E-state index in [9.17, 15) is 0 Å². The third-order valence-corrected chi connectivity index (χ3v) is 3.40. The van der Waals surface area contributed by atoms with Crippen molar-refractivity contribution in [3.8, 4) is 5.95 Å². The Morgan fingerprint density at radius 2 is 2.05 bits per heavy atom. The molecular formula is C13H14ClN5. The summed E-state index contributed by atoms with van der Waals surface area (Å²) in [6, 6.07) is 7.77. The Labute approximate surface area is 115 Å². The number of nitrogens with zero attached hydrogens (tertiary/aromatic N) is 3. The van der Waals surface area contributed by atoms with Gasteiger partial charge in [-0.25, -0.2) is 4.98 Å². The molecule has 5 nitrogen and oxygen atoms in total. The van der Waals surface area contributed by atoms with Crippen LogP contribution in [0, 0.1) is 0 Å². The van der Waals surface area contributed by atoms with E-state index >= 15 is 0 Å². The topological polar surface area (TPSA) is 72.5 Å². The molecule has 0 saturated carbocycles. The molecule has 0 aliphatic heterocycles. The Balaban J connectivity index is 2.18. The standard InChI is InChI=1S/C13H14ClN5/c1-7(2)11-10(14)12(15)19(18-11)13-16-8-5-3-4-6-9(8)17-13/h3-7H,15H2,1-2H3,(H,16,17). The van der Waals surface area contributed by atoms with Crippen LogP contribution in [0.1, 0.15) is 25.5 Å². The summed E-state index contributed by atoms with van der Waals surface area (Å²) in [4.78, 5) is 7.65. The summed E-state index contributed by atoms with van der Waals surface area (Å²) in [5.41, 5.74) is 8.59. The number of H-pyrrole nitrogens is 1. The van der Waals surface area contributed by atoms with E-state index in [1.165, 1.54) is 0 Å². The van der Waals surface area contributed by atoms with Gasteiger partial charge in [0.2, 0.25) is 5.95 Å². The summed E-state index contributed by atoms with van der Waals surface area (Å²) < 4.78 is 1.55. The van der Waals surface area contributed by atoms with Crippen molar-refractivity contribution in [2.75, 3.05) is 5.73 Å². The van der Waals surface area contributed by atoms with Gasteiger partial charge in [-0.15, -0.1) is 0 Å². The fraction of sp³-hybridized carbons (Fsp3) is 0.231. The molecule has 0 saturated heterocycles. The van der Waals surface area contributed by atoms with Gasteiger partial charge in [0.15, 0.2) is 0 Å². The van der Waals surface area contributed by atoms with Crippen LogP contribution in [0.3, 0.4) is 0 Å². The smallest absolute Gasteiger partial charge is 0.231 e. The van der Waals surface area contributed by atoms with Crippen molar-refractivity contribution in [3.63, 3.8) is 0 Å². The molecule has 0 radical (unpaired) electrons. The zero-order valence-corrected chi connectivity index (χ0v) is 11.4. The van der Waals surface area contributed by atoms with Gasteiger partial charge in [-0.1, -0.05) is 37.6 Å². The minimum atomic E-state index is 0.209. The predicted octanol–water partition coefficient (Wildman–Crippen LogP) is 3.11. The van der Waals surface area contributed by atoms with E-state index in [2.05, 4.69) is 15.1 Å². The van der Waals surface area contributed by atoms with Crippen molar-refractivity contribution in [2.45, 2.75) is 19.8 Å². The van der Waals surface area contributed by atoms with Crippen molar-refractivity contribution in [3.05, 3.63) is 35.0 Å². The van der Waals surface area contributed by atoms with E-state index < -0.39 is 0 Å². The maximum Gasteiger partial charge on any atom is 0.231 e. The monoisotopic (exact) mass is 275 g/mol. The Morgan fingerprint density at radius 1 is 1.32 bits per heavy atom. The van der Waals surface area contributed by atoms with E-state index in [0.717, 1.165) is 16.7 Å². The summed E-state index contributed by atoms with van der Waals surface area (Å²) in [5.74, 6) is 1.19. The molecule has 0 amide bonds. The number of hydrogen-bond acceptors (Lipinski definition) is 3. The number of nitrogens with one attached hydrogen (secondary N) is 1. The molecule has 0 fully saturated rings. The van der Waals surface area contributed by atoms with Gasteiger partial charge in [-0.3, -0.25) is 0 Å². The van der Waals surface area contributed by atoms with Crippen LogP contribution in [-0.4, -0.2) is 19.7 Å². The molecule has 0 atom stereocenters. The number of hydrogen-bond donors (Lipinski definition) is 2. The molecule has 1 aromatic carbocycles. The number of aromatic nitrogens is 4. The van der Waals surface area contributed by atoms with Crippen molar-refractivity contribution < 1.29 is 0 Å². The predicted molar refractivity (Wildman–Crippen MR) is 76.7 cm³/mol. The molecule has 2 heterocycles. The first-order valence-corrected chi connectivity index (χ1v) is 6.44. The van der Waals surface area contributed by atoms with Crippen molar-refractivity contribution in [1.29, 1.82) is 0 Å². The number of halogens is 1. The lowest BCUT2D eigenvalue weighted by atomic mass is 10.1. The first-order chi connectivity index (χ1) is 9.08. The van der Waals surface area contributed by atoms with Gasteiger partial charge in [0, 0.05) is 0 Å². The molecule has 0 unspecified atom stereocenters. The van der Waals surface area contributed by atoms with Crippen LogP contribution in [0.25, 0.3) is 17.0 Å². The number of anilines is 1. The van der Waals surface area contributed by atoms with E-state index in [-0.39, 0.29) is 5.92 Å². The molecule has 98 valence electrons. The second kappa shape index (κ2) is 4.28. The molecule has 0 bridgehead atoms. The summed E-state index contributed by atoms with van der Waals surface area (Å²) in [5, 5.41) is 4.94. The van der Waals surface area contributed by atoms with Crippen molar-refractivity contribution in [2.24, 2.45) is 0 Å². The quantitative estimate of drug-likeness (QED) is 0.755. The minimum Gasteiger partial charge on any atom is -0.382 e. The highest BCUT2D eigenvalue weighted by Crippen LogP contribution is 2.30. The lowest BCUT2D eigenvalue weighted by molar-refractivity contribution is 0.754. The number of imidazole rings is 1. The molecule has 19 heavy (non-hydrogen) atoms. The molecule has 3 N–H and O–H groups in total. The highest BCUT2D eigenvalue weighted by Gasteiger charge is 2.18. The van der Waals surface area contributed by atoms with Gasteiger partial charge in [-0.05, 0) is 18.1 Å². The van der Waals surface area contributed by atoms with Crippen LogP contribution in [0.2, 0.25) is 5.02 Å². The number of aromatic amines is 1. The number of fused-ring (bicyclic) bond motifs is 1. The second-order valence-corrected chi connectivity index (χ2v) is 5.11. The zero-order valence-electron chi connectivity index (χ0n) is 10.7. The largest absolute Gasteiger partial charge is 0.382 e. The first-order valence-electron chi connectivity index (χ1n) is 6.07. The number of benzene rings is 1. The fourth-order valence-corrected chi connectivity index (χ4v) is 2.34. The maximum absolute atomic E-state index is 6.21. The summed E-state index contributed by atoms with van der Waals surface area (Å²) in [7, 11) is 0. The van der Waals surface area contributed by atoms with Crippen molar-refractivity contribution >= 4 is 28.5 Å². The average molecular weight is 276 g/mol. The van der Waals surface area contributed by atoms with Gasteiger partial charge in [0.1, 0.15) is 10.8 Å². The zero-order chi connectivity index (χ0) is 13.6. The molecule has 3 aromatic rings. The van der Waals surface area contributed by atoms with E-state index in [4.69, 9.17) is 17.3 Å². The Morgan fingerprint density at radius 3 is 2.68 bits per heavy atom. The van der Waals surface area contributed by atoms with Gasteiger partial charge >= 0.3 is 0 Å². The SMILES string of the molecule is CC(C)c1nn(-c2nc3ccccc3[nH]2)c(N)c1Cl. The third kappa shape index (κ3) is 1.86. The summed E-state index contributed by atoms with van der Waals surface area (Å²) in [6.07, 6.45) is 0. The van der Waals surface area contributed by atoms with E-state index in [1.54, 1.807) is 4.68 Å². The highest BCUT2D eigenvalue weighted by molar-refractivity contribution is 6.33. The Bertz CT molecular complexity index is 708. The van der Waals surface area contributed by atoms with Gasteiger partial charge < -0.3 is 10.7 Å². The van der Waals surface area contributed by atoms with Crippen molar-refractivity contribution in [1.82, 2.24) is 19.7 Å². The Kier molecular flexibility index (Phi) is 2.71. The highest BCUT2D eigenvalue weighted by atomic mass is 35.5. The molecule has 0 spiro atoms. The lowest BCUT2D eigenvalue weighted by Gasteiger charge is -1.98. The lowest BCUT2D eigenvalue weighted by Crippen LogP contribution is -2.04. The maximum atomic E-state index is 6.21. The number of nitrogens with two attached hydrogens (primary N) is 1. The molecular weight excluding hydrogens is 262 g/mol. The van der Waals surface area contributed by atoms with Gasteiger partial charge in [-0.2, -0.15) is 9.78 Å². The molecule has 6 heteroatoms. The van der Waals surface area contributed by atoms with Crippen LogP contribution in [0.4, 0.5) is 5.82 Å². The van der Waals surface area contributed by atoms with Crippen LogP contribution in [0.5, 0.6) is 0 Å². The third-order valence-electron chi connectivity index (χ3n) is 3.01. The van der Waals surface area contributed by atoms with Crippen LogP contribution < -0.4 is 5.73 Å². The van der Waals surface area contributed by atoms with Crippen LogP contribution in [0.15, 0.2) is 24.3 Å². The summed E-state index contributed by atoms with van der Waals surface area (Å²) >= 11 is 6.21. The average Bonchev–Trinajstić information content (AvgIpc) is 2.92. The number of para-hydroxylation sites is 2. The molecule has 3 rings (SSSR count).